The van der Waals surface area contributed by atoms with Crippen LogP contribution in [0.2, 0.25) is 0 Å². The van der Waals surface area contributed by atoms with Crippen molar-refractivity contribution in [2.24, 2.45) is 5.73 Å². The van der Waals surface area contributed by atoms with Gasteiger partial charge < -0.3 is 26.6 Å². The Labute approximate surface area is 91.8 Å². The van der Waals surface area contributed by atoms with E-state index in [2.05, 4.69) is 5.32 Å². The van der Waals surface area contributed by atoms with Gasteiger partial charge in [0, 0.05) is 0 Å². The van der Waals surface area contributed by atoms with E-state index in [0.29, 0.717) is 0 Å². The highest BCUT2D eigenvalue weighted by molar-refractivity contribution is 5.89. The first-order valence-electron chi connectivity index (χ1n) is 4.54. The van der Waals surface area contributed by atoms with Gasteiger partial charge in [-0.2, -0.15) is 0 Å². The molecule has 0 spiro atoms. The van der Waals surface area contributed by atoms with Gasteiger partial charge in [0.05, 0.1) is 19.2 Å². The number of aliphatic hydroxyl groups excluding tert-OH is 1. The van der Waals surface area contributed by atoms with Crippen LogP contribution in [-0.4, -0.2) is 53.2 Å². The second kappa shape index (κ2) is 6.75. The van der Waals surface area contributed by atoms with Crippen LogP contribution < -0.4 is 16.4 Å². The number of hydrogen-bond donors (Lipinski definition) is 5. The van der Waals surface area contributed by atoms with Gasteiger partial charge >= 0.3 is 5.97 Å². The number of nitrogens with one attached hydrogen (secondary N) is 2. The van der Waals surface area contributed by atoms with Crippen LogP contribution >= 0.6 is 0 Å². The molecule has 2 amide bonds. The number of carboxylic acids is 1. The summed E-state index contributed by atoms with van der Waals surface area (Å²) >= 11 is 0. The van der Waals surface area contributed by atoms with Crippen LogP contribution in [-0.2, 0) is 14.4 Å². The van der Waals surface area contributed by atoms with Gasteiger partial charge in [-0.05, 0) is 6.92 Å². The van der Waals surface area contributed by atoms with Gasteiger partial charge in [-0.3, -0.25) is 9.59 Å². The third-order valence-electron chi connectivity index (χ3n) is 1.65. The summed E-state index contributed by atoms with van der Waals surface area (Å²) in [6.07, 6.45) is 0. The maximum absolute atomic E-state index is 11.1. The van der Waals surface area contributed by atoms with Gasteiger partial charge in [-0.25, -0.2) is 4.79 Å². The molecule has 0 saturated carbocycles. The Balaban J connectivity index is 3.99. The standard InChI is InChI=1S/C8H15N3O5/c1-4(9)7(14)10-2-6(13)11-5(3-12)8(15)16/h4-5,12H,2-3,9H2,1H3,(H,10,14)(H,11,13)(H,15,16). The molecule has 0 bridgehead atoms. The Kier molecular flexibility index (Phi) is 6.04. The number of carbonyl (C=O) groups excluding carboxylic acids is 2. The molecule has 0 aromatic rings. The zero-order chi connectivity index (χ0) is 12.7. The lowest BCUT2D eigenvalue weighted by Crippen LogP contribution is -2.49. The average molecular weight is 233 g/mol. The molecular weight excluding hydrogens is 218 g/mol. The minimum atomic E-state index is -1.38. The molecule has 0 aliphatic rings. The third kappa shape index (κ3) is 5.27. The van der Waals surface area contributed by atoms with Crippen molar-refractivity contribution < 1.29 is 24.6 Å². The molecule has 0 rings (SSSR count). The molecule has 0 aromatic heterocycles. The molecule has 16 heavy (non-hydrogen) atoms. The lowest BCUT2D eigenvalue weighted by atomic mass is 10.3. The maximum atomic E-state index is 11.1. The van der Waals surface area contributed by atoms with Gasteiger partial charge in [-0.15, -0.1) is 0 Å². The Morgan fingerprint density at radius 1 is 1.38 bits per heavy atom. The summed E-state index contributed by atoms with van der Waals surface area (Å²) in [7, 11) is 0. The molecule has 0 aliphatic heterocycles. The molecule has 8 heteroatoms. The zero-order valence-electron chi connectivity index (χ0n) is 8.77. The number of aliphatic carboxylic acids is 1. The number of amides is 2. The van der Waals surface area contributed by atoms with Crippen LogP contribution in [0.3, 0.4) is 0 Å². The van der Waals surface area contributed by atoms with Crippen LogP contribution in [0.15, 0.2) is 0 Å². The van der Waals surface area contributed by atoms with Gasteiger partial charge in [0.1, 0.15) is 6.04 Å². The second-order valence-electron chi connectivity index (χ2n) is 3.15. The highest BCUT2D eigenvalue weighted by Gasteiger charge is 2.19. The van der Waals surface area contributed by atoms with Crippen molar-refractivity contribution in [3.63, 3.8) is 0 Å². The van der Waals surface area contributed by atoms with E-state index in [1.165, 1.54) is 6.92 Å². The van der Waals surface area contributed by atoms with Crippen molar-refractivity contribution >= 4 is 17.8 Å². The van der Waals surface area contributed by atoms with Crippen LogP contribution in [0.4, 0.5) is 0 Å². The smallest absolute Gasteiger partial charge is 0.328 e. The van der Waals surface area contributed by atoms with Crippen molar-refractivity contribution in [3.8, 4) is 0 Å². The summed E-state index contributed by atoms with van der Waals surface area (Å²) in [4.78, 5) is 32.5. The average Bonchev–Trinajstić information content (AvgIpc) is 2.21. The molecule has 0 fully saturated rings. The first-order chi connectivity index (χ1) is 7.38. The van der Waals surface area contributed by atoms with E-state index in [1.807, 2.05) is 5.32 Å². The summed E-state index contributed by atoms with van der Waals surface area (Å²) in [5.41, 5.74) is 5.22. The highest BCUT2D eigenvalue weighted by Crippen LogP contribution is 1.82. The van der Waals surface area contributed by atoms with Crippen molar-refractivity contribution in [3.05, 3.63) is 0 Å². The Morgan fingerprint density at radius 2 is 1.94 bits per heavy atom. The maximum Gasteiger partial charge on any atom is 0.328 e. The molecule has 8 nitrogen and oxygen atoms in total. The van der Waals surface area contributed by atoms with Crippen molar-refractivity contribution in [2.45, 2.75) is 19.0 Å². The summed E-state index contributed by atoms with van der Waals surface area (Å²) in [5.74, 6) is -2.59. The van der Waals surface area contributed by atoms with Crippen molar-refractivity contribution in [2.75, 3.05) is 13.2 Å². The molecular formula is C8H15N3O5. The fourth-order valence-corrected chi connectivity index (χ4v) is 0.759. The fourth-order valence-electron chi connectivity index (χ4n) is 0.759. The third-order valence-corrected chi connectivity index (χ3v) is 1.65. The van der Waals surface area contributed by atoms with E-state index < -0.39 is 36.5 Å². The van der Waals surface area contributed by atoms with E-state index in [9.17, 15) is 14.4 Å². The molecule has 92 valence electrons. The van der Waals surface area contributed by atoms with Crippen LogP contribution in [0.25, 0.3) is 0 Å². The summed E-state index contributed by atoms with van der Waals surface area (Å²) in [5, 5.41) is 21.3. The van der Waals surface area contributed by atoms with E-state index in [-0.39, 0.29) is 6.54 Å². The van der Waals surface area contributed by atoms with E-state index >= 15 is 0 Å². The minimum Gasteiger partial charge on any atom is -0.480 e. The molecule has 0 saturated heterocycles. The predicted octanol–water partition coefficient (Wildman–Crippen LogP) is -2.99. The number of rotatable bonds is 6. The Morgan fingerprint density at radius 3 is 2.31 bits per heavy atom. The largest absolute Gasteiger partial charge is 0.480 e. The monoisotopic (exact) mass is 233 g/mol. The molecule has 2 unspecified atom stereocenters. The van der Waals surface area contributed by atoms with Crippen LogP contribution in [0.1, 0.15) is 6.92 Å². The van der Waals surface area contributed by atoms with E-state index in [4.69, 9.17) is 15.9 Å². The Hall–Kier alpha value is -1.67. The summed E-state index contributed by atoms with van der Waals surface area (Å²) in [6.45, 7) is 0.341. The molecule has 2 atom stereocenters. The SMILES string of the molecule is CC(N)C(=O)NCC(=O)NC(CO)C(=O)O. The molecule has 0 aliphatic carbocycles. The van der Waals surface area contributed by atoms with E-state index in [0.717, 1.165) is 0 Å². The molecule has 0 radical (unpaired) electrons. The number of aliphatic hydroxyl groups is 1. The van der Waals surface area contributed by atoms with Gasteiger partial charge in [0.15, 0.2) is 0 Å². The normalized spacial score (nSPS) is 13.7. The Bertz CT molecular complexity index is 279. The molecule has 6 N–H and O–H groups in total. The van der Waals surface area contributed by atoms with Crippen LogP contribution in [0, 0.1) is 0 Å². The lowest BCUT2D eigenvalue weighted by Gasteiger charge is -2.12. The number of carboxylic acid groups (broad SMARTS) is 1. The predicted molar refractivity (Wildman–Crippen MR) is 53.3 cm³/mol. The topological polar surface area (TPSA) is 142 Å². The quantitative estimate of drug-likeness (QED) is 0.331. The molecule has 0 aromatic carbocycles. The lowest BCUT2D eigenvalue weighted by molar-refractivity contribution is -0.142. The number of carbonyl (C=O) groups is 3. The number of hydrogen-bond acceptors (Lipinski definition) is 5. The van der Waals surface area contributed by atoms with Crippen LogP contribution in [0.5, 0.6) is 0 Å². The van der Waals surface area contributed by atoms with Crippen molar-refractivity contribution in [1.29, 1.82) is 0 Å². The summed E-state index contributed by atoms with van der Waals surface area (Å²) in [6, 6.07) is -2.12. The van der Waals surface area contributed by atoms with Gasteiger partial charge in [0.25, 0.3) is 0 Å². The fraction of sp³-hybridized carbons (Fsp3) is 0.625. The zero-order valence-corrected chi connectivity index (χ0v) is 8.77. The molecule has 0 heterocycles. The van der Waals surface area contributed by atoms with E-state index in [1.54, 1.807) is 0 Å². The number of nitrogens with two attached hydrogens (primary N) is 1. The summed E-state index contributed by atoms with van der Waals surface area (Å²) < 4.78 is 0. The first-order valence-corrected chi connectivity index (χ1v) is 4.54. The first kappa shape index (κ1) is 14.3. The second-order valence-corrected chi connectivity index (χ2v) is 3.15. The van der Waals surface area contributed by atoms with Gasteiger partial charge in [-0.1, -0.05) is 0 Å². The highest BCUT2D eigenvalue weighted by atomic mass is 16.4. The minimum absolute atomic E-state index is 0.385. The van der Waals surface area contributed by atoms with Crippen molar-refractivity contribution in [1.82, 2.24) is 10.6 Å². The van der Waals surface area contributed by atoms with Gasteiger partial charge in [0.2, 0.25) is 11.8 Å².